The molecule has 104 valence electrons. The Balaban J connectivity index is 2.44. The Kier molecular flexibility index (Phi) is 6.49. The lowest BCUT2D eigenvalue weighted by molar-refractivity contribution is -0.141. The molecule has 1 rings (SSSR count). The zero-order chi connectivity index (χ0) is 13.4. The zero-order valence-corrected chi connectivity index (χ0v) is 10.9. The van der Waals surface area contributed by atoms with E-state index in [2.05, 4.69) is 5.32 Å². The number of rotatable bonds is 4. The predicted octanol–water partition coefficient (Wildman–Crippen LogP) is 0.496. The van der Waals surface area contributed by atoms with Gasteiger partial charge in [0.15, 0.2) is 0 Å². The highest BCUT2D eigenvalue weighted by Gasteiger charge is 2.24. The Morgan fingerprint density at radius 2 is 2.17 bits per heavy atom. The van der Waals surface area contributed by atoms with Gasteiger partial charge in [-0.05, 0) is 19.8 Å². The molecule has 0 aliphatic carbocycles. The molecule has 0 aromatic rings. The van der Waals surface area contributed by atoms with Crippen LogP contribution in [-0.2, 0) is 9.53 Å². The van der Waals surface area contributed by atoms with Gasteiger partial charge in [-0.1, -0.05) is 12.8 Å². The largest absolute Gasteiger partial charge is 0.465 e. The molecular formula is C12H22N2O4. The van der Waals surface area contributed by atoms with E-state index >= 15 is 0 Å². The fourth-order valence-electron chi connectivity index (χ4n) is 2.10. The molecule has 6 heteroatoms. The van der Waals surface area contributed by atoms with Gasteiger partial charge >= 0.3 is 12.0 Å². The SMILES string of the molecule is CCOC(=O)CNC(=O)N1CCCCCC1CO. The van der Waals surface area contributed by atoms with E-state index in [0.717, 1.165) is 25.7 Å². The molecule has 1 fully saturated rings. The van der Waals surface area contributed by atoms with Crippen LogP contribution in [0.3, 0.4) is 0 Å². The Morgan fingerprint density at radius 3 is 2.83 bits per heavy atom. The average Bonchev–Trinajstić information content (AvgIpc) is 2.61. The summed E-state index contributed by atoms with van der Waals surface area (Å²) in [6.45, 7) is 2.49. The van der Waals surface area contributed by atoms with Crippen molar-refractivity contribution in [1.82, 2.24) is 10.2 Å². The van der Waals surface area contributed by atoms with E-state index in [0.29, 0.717) is 13.2 Å². The number of urea groups is 1. The molecule has 1 aliphatic rings. The van der Waals surface area contributed by atoms with Gasteiger partial charge in [-0.15, -0.1) is 0 Å². The second-order valence-corrected chi connectivity index (χ2v) is 4.34. The Labute approximate surface area is 107 Å². The van der Waals surface area contributed by atoms with Crippen LogP contribution in [0.1, 0.15) is 32.6 Å². The smallest absolute Gasteiger partial charge is 0.325 e. The van der Waals surface area contributed by atoms with E-state index in [4.69, 9.17) is 4.74 Å². The van der Waals surface area contributed by atoms with Crippen molar-refractivity contribution < 1.29 is 19.4 Å². The standard InChI is InChI=1S/C12H22N2O4/c1-2-18-11(16)8-13-12(17)14-7-5-3-4-6-10(14)9-15/h10,15H,2-9H2,1H3,(H,13,17). The molecule has 2 N–H and O–H groups in total. The number of aliphatic hydroxyl groups is 1. The first-order valence-electron chi connectivity index (χ1n) is 6.50. The van der Waals surface area contributed by atoms with E-state index in [9.17, 15) is 14.7 Å². The van der Waals surface area contributed by atoms with E-state index in [1.807, 2.05) is 0 Å². The summed E-state index contributed by atoms with van der Waals surface area (Å²) in [6, 6.07) is -0.446. The summed E-state index contributed by atoms with van der Waals surface area (Å²) in [5, 5.41) is 11.8. The molecule has 1 unspecified atom stereocenters. The fourth-order valence-corrected chi connectivity index (χ4v) is 2.10. The third-order valence-corrected chi connectivity index (χ3v) is 3.04. The monoisotopic (exact) mass is 258 g/mol. The van der Waals surface area contributed by atoms with Gasteiger partial charge in [0.1, 0.15) is 6.54 Å². The minimum absolute atomic E-state index is 0.0349. The molecule has 0 saturated carbocycles. The zero-order valence-electron chi connectivity index (χ0n) is 10.9. The molecule has 6 nitrogen and oxygen atoms in total. The Bertz CT molecular complexity index is 283. The third kappa shape index (κ3) is 4.52. The number of hydrogen-bond acceptors (Lipinski definition) is 4. The third-order valence-electron chi connectivity index (χ3n) is 3.04. The molecule has 1 heterocycles. The van der Waals surface area contributed by atoms with Crippen LogP contribution < -0.4 is 5.32 Å². The lowest BCUT2D eigenvalue weighted by atomic mass is 10.1. The molecular weight excluding hydrogens is 236 g/mol. The highest BCUT2D eigenvalue weighted by Crippen LogP contribution is 2.16. The lowest BCUT2D eigenvalue weighted by Gasteiger charge is -2.28. The number of carbonyl (C=O) groups is 2. The Hall–Kier alpha value is -1.30. The van der Waals surface area contributed by atoms with Gasteiger partial charge in [-0.2, -0.15) is 0 Å². The van der Waals surface area contributed by atoms with Gasteiger partial charge < -0.3 is 20.1 Å². The van der Waals surface area contributed by atoms with Gasteiger partial charge in [-0.25, -0.2) is 4.79 Å². The van der Waals surface area contributed by atoms with E-state index in [-0.39, 0.29) is 25.2 Å². The second kappa shape index (κ2) is 7.92. The molecule has 18 heavy (non-hydrogen) atoms. The highest BCUT2D eigenvalue weighted by atomic mass is 16.5. The predicted molar refractivity (Wildman–Crippen MR) is 66.1 cm³/mol. The van der Waals surface area contributed by atoms with E-state index < -0.39 is 5.97 Å². The van der Waals surface area contributed by atoms with Crippen LogP contribution in [0.2, 0.25) is 0 Å². The minimum Gasteiger partial charge on any atom is -0.465 e. The van der Waals surface area contributed by atoms with Gasteiger partial charge in [0.05, 0.1) is 19.3 Å². The summed E-state index contributed by atoms with van der Waals surface area (Å²) in [6.07, 6.45) is 3.83. The van der Waals surface area contributed by atoms with Crippen molar-refractivity contribution in [2.24, 2.45) is 0 Å². The number of nitrogens with one attached hydrogen (secondary N) is 1. The average molecular weight is 258 g/mol. The van der Waals surface area contributed by atoms with Crippen LogP contribution in [-0.4, -0.2) is 54.4 Å². The van der Waals surface area contributed by atoms with Crippen LogP contribution in [0, 0.1) is 0 Å². The van der Waals surface area contributed by atoms with Crippen molar-refractivity contribution in [2.75, 3.05) is 26.3 Å². The maximum atomic E-state index is 11.9. The molecule has 0 aromatic carbocycles. The number of hydrogen-bond donors (Lipinski definition) is 2. The summed E-state index contributed by atoms with van der Waals surface area (Å²) in [5.74, 6) is -0.443. The van der Waals surface area contributed by atoms with Crippen LogP contribution in [0.25, 0.3) is 0 Å². The molecule has 1 aliphatic heterocycles. The van der Waals surface area contributed by atoms with Crippen molar-refractivity contribution in [3.05, 3.63) is 0 Å². The molecule has 0 spiro atoms. The van der Waals surface area contributed by atoms with Gasteiger partial charge in [-0.3, -0.25) is 4.79 Å². The summed E-state index contributed by atoms with van der Waals surface area (Å²) in [5.41, 5.74) is 0. The molecule has 1 saturated heterocycles. The van der Waals surface area contributed by atoms with Gasteiger partial charge in [0, 0.05) is 6.54 Å². The van der Waals surface area contributed by atoms with E-state index in [1.165, 1.54) is 0 Å². The summed E-state index contributed by atoms with van der Waals surface area (Å²) < 4.78 is 4.74. The first kappa shape index (κ1) is 14.8. The van der Waals surface area contributed by atoms with Crippen LogP contribution >= 0.6 is 0 Å². The van der Waals surface area contributed by atoms with Gasteiger partial charge in [0.2, 0.25) is 0 Å². The number of carbonyl (C=O) groups excluding carboxylic acids is 2. The number of esters is 1. The lowest BCUT2D eigenvalue weighted by Crippen LogP contribution is -2.48. The molecule has 0 radical (unpaired) electrons. The maximum absolute atomic E-state index is 11.9. The first-order chi connectivity index (χ1) is 8.69. The number of nitrogens with zero attached hydrogens (tertiary/aromatic N) is 1. The quantitative estimate of drug-likeness (QED) is 0.720. The number of aliphatic hydroxyl groups excluding tert-OH is 1. The number of amides is 2. The number of ether oxygens (including phenoxy) is 1. The van der Waals surface area contributed by atoms with Crippen LogP contribution in [0.15, 0.2) is 0 Å². The van der Waals surface area contributed by atoms with Crippen LogP contribution in [0.4, 0.5) is 4.79 Å². The minimum atomic E-state index is -0.443. The molecule has 0 aromatic heterocycles. The second-order valence-electron chi connectivity index (χ2n) is 4.34. The maximum Gasteiger partial charge on any atom is 0.325 e. The van der Waals surface area contributed by atoms with Crippen molar-refractivity contribution in [3.63, 3.8) is 0 Å². The van der Waals surface area contributed by atoms with Crippen molar-refractivity contribution >= 4 is 12.0 Å². The normalized spacial score (nSPS) is 20.1. The number of likely N-dealkylation sites (tertiary alicyclic amines) is 1. The first-order valence-corrected chi connectivity index (χ1v) is 6.50. The van der Waals surface area contributed by atoms with Crippen LogP contribution in [0.5, 0.6) is 0 Å². The van der Waals surface area contributed by atoms with Gasteiger partial charge in [0.25, 0.3) is 0 Å². The van der Waals surface area contributed by atoms with E-state index in [1.54, 1.807) is 11.8 Å². The topological polar surface area (TPSA) is 78.9 Å². The summed E-state index contributed by atoms with van der Waals surface area (Å²) in [4.78, 5) is 24.7. The summed E-state index contributed by atoms with van der Waals surface area (Å²) >= 11 is 0. The van der Waals surface area contributed by atoms with Crippen molar-refractivity contribution in [1.29, 1.82) is 0 Å². The highest BCUT2D eigenvalue weighted by molar-refractivity contribution is 5.81. The molecule has 0 bridgehead atoms. The summed E-state index contributed by atoms with van der Waals surface area (Å²) in [7, 11) is 0. The fraction of sp³-hybridized carbons (Fsp3) is 0.833. The molecule has 1 atom stereocenters. The molecule has 2 amide bonds. The van der Waals surface area contributed by atoms with Crippen molar-refractivity contribution in [2.45, 2.75) is 38.6 Å². The van der Waals surface area contributed by atoms with Crippen molar-refractivity contribution in [3.8, 4) is 0 Å². The Morgan fingerprint density at radius 1 is 1.39 bits per heavy atom.